The zero-order valence-corrected chi connectivity index (χ0v) is 16.0. The summed E-state index contributed by atoms with van der Waals surface area (Å²) in [5, 5.41) is 0. The minimum absolute atomic E-state index is 0.0598. The molecule has 2 aliphatic heterocycles. The fourth-order valence-electron chi connectivity index (χ4n) is 3.92. The molecule has 1 amide bonds. The van der Waals surface area contributed by atoms with Gasteiger partial charge in [-0.1, -0.05) is 18.2 Å². The van der Waals surface area contributed by atoms with Crippen molar-refractivity contribution in [1.29, 1.82) is 0 Å². The number of nitrogens with one attached hydrogen (secondary N) is 1. The first-order valence-electron chi connectivity index (χ1n) is 9.07. The van der Waals surface area contributed by atoms with Crippen molar-refractivity contribution in [3.05, 3.63) is 53.1 Å². The van der Waals surface area contributed by atoms with E-state index in [-0.39, 0.29) is 23.8 Å². The molecule has 2 heterocycles. The molecule has 0 unspecified atom stereocenters. The number of aryl methyl sites for hydroxylation is 1. The first-order valence-corrected chi connectivity index (χ1v) is 10.6. The van der Waals surface area contributed by atoms with Gasteiger partial charge in [-0.25, -0.2) is 13.1 Å². The molecule has 0 radical (unpaired) electrons. The molecule has 27 heavy (non-hydrogen) atoms. The van der Waals surface area contributed by atoms with Crippen LogP contribution in [0.1, 0.15) is 23.1 Å². The van der Waals surface area contributed by atoms with Crippen molar-refractivity contribution < 1.29 is 17.9 Å². The molecule has 0 saturated carbocycles. The lowest BCUT2D eigenvalue weighted by Crippen LogP contribution is -2.31. The number of sulfonamides is 1. The van der Waals surface area contributed by atoms with Crippen molar-refractivity contribution in [3.8, 4) is 5.75 Å². The average Bonchev–Trinajstić information content (AvgIpc) is 2.99. The van der Waals surface area contributed by atoms with Gasteiger partial charge in [-0.15, -0.1) is 0 Å². The van der Waals surface area contributed by atoms with Crippen LogP contribution in [0.15, 0.2) is 41.3 Å². The summed E-state index contributed by atoms with van der Waals surface area (Å²) in [5.74, 6) is 0.807. The summed E-state index contributed by atoms with van der Waals surface area (Å²) >= 11 is 0. The molecule has 0 aliphatic carbocycles. The van der Waals surface area contributed by atoms with Crippen LogP contribution in [0.3, 0.4) is 0 Å². The predicted molar refractivity (Wildman–Crippen MR) is 103 cm³/mol. The van der Waals surface area contributed by atoms with Gasteiger partial charge in [0, 0.05) is 13.1 Å². The second kappa shape index (κ2) is 6.98. The number of hydrogen-bond donors (Lipinski definition) is 1. The monoisotopic (exact) mass is 386 g/mol. The molecule has 0 aromatic heterocycles. The molecule has 142 valence electrons. The molecule has 0 atom stereocenters. The number of carbonyl (C=O) groups excluding carboxylic acids is 1. The zero-order chi connectivity index (χ0) is 19.0. The standard InChI is InChI=1S/C20H22N2O4S/c1-26-18-7-3-2-5-14(18)8-9-21-27(24,25)17-11-15-6-4-10-22-19(23)13-16(12-17)20(15)22/h2-3,5,7,11-12,21H,4,6,8-10,13H2,1H3. The van der Waals surface area contributed by atoms with E-state index in [9.17, 15) is 13.2 Å². The third-order valence-corrected chi connectivity index (χ3v) is 6.61. The summed E-state index contributed by atoms with van der Waals surface area (Å²) in [6.45, 7) is 1.00. The average molecular weight is 386 g/mol. The second-order valence-electron chi connectivity index (χ2n) is 6.88. The highest BCUT2D eigenvalue weighted by molar-refractivity contribution is 7.89. The number of anilines is 1. The molecular weight excluding hydrogens is 364 g/mol. The van der Waals surface area contributed by atoms with Gasteiger partial charge in [0.15, 0.2) is 0 Å². The van der Waals surface area contributed by atoms with E-state index in [0.29, 0.717) is 6.42 Å². The van der Waals surface area contributed by atoms with E-state index in [2.05, 4.69) is 4.72 Å². The molecule has 0 spiro atoms. The molecule has 2 aliphatic rings. The largest absolute Gasteiger partial charge is 0.496 e. The number of amides is 1. The molecule has 6 nitrogen and oxygen atoms in total. The van der Waals surface area contributed by atoms with Crippen LogP contribution in [-0.2, 0) is 34.1 Å². The maximum absolute atomic E-state index is 12.8. The van der Waals surface area contributed by atoms with Crippen molar-refractivity contribution in [2.45, 2.75) is 30.6 Å². The summed E-state index contributed by atoms with van der Waals surface area (Å²) in [4.78, 5) is 14.2. The summed E-state index contributed by atoms with van der Waals surface area (Å²) in [6, 6.07) is 10.9. The number of hydrogen-bond acceptors (Lipinski definition) is 4. The van der Waals surface area contributed by atoms with Gasteiger partial charge in [-0.3, -0.25) is 4.79 Å². The molecule has 2 aromatic rings. The molecule has 7 heteroatoms. The number of rotatable bonds is 6. The van der Waals surface area contributed by atoms with E-state index in [0.717, 1.165) is 47.5 Å². The van der Waals surface area contributed by atoms with Crippen LogP contribution in [0.2, 0.25) is 0 Å². The van der Waals surface area contributed by atoms with Crippen LogP contribution < -0.4 is 14.4 Å². The van der Waals surface area contributed by atoms with Crippen LogP contribution in [0.5, 0.6) is 5.75 Å². The van der Waals surface area contributed by atoms with Crippen LogP contribution in [0, 0.1) is 0 Å². The second-order valence-corrected chi connectivity index (χ2v) is 8.64. The SMILES string of the molecule is COc1ccccc1CCNS(=O)(=O)c1cc2c3c(c1)CC(=O)N3CCC2. The van der Waals surface area contributed by atoms with E-state index in [1.807, 2.05) is 24.3 Å². The Morgan fingerprint density at radius 3 is 2.78 bits per heavy atom. The predicted octanol–water partition coefficient (Wildman–Crippen LogP) is 2.05. The molecular formula is C20H22N2O4S. The van der Waals surface area contributed by atoms with E-state index in [1.54, 1.807) is 24.1 Å². The van der Waals surface area contributed by atoms with Gasteiger partial charge < -0.3 is 9.64 Å². The van der Waals surface area contributed by atoms with Crippen LogP contribution in [0.25, 0.3) is 0 Å². The summed E-state index contributed by atoms with van der Waals surface area (Å²) in [5.41, 5.74) is 3.66. The van der Waals surface area contributed by atoms with E-state index in [1.165, 1.54) is 0 Å². The Balaban J connectivity index is 1.53. The molecule has 4 rings (SSSR count). The van der Waals surface area contributed by atoms with Crippen molar-refractivity contribution in [3.63, 3.8) is 0 Å². The lowest BCUT2D eigenvalue weighted by Gasteiger charge is -2.26. The minimum atomic E-state index is -3.64. The maximum Gasteiger partial charge on any atom is 0.240 e. The fraction of sp³-hybridized carbons (Fsp3) is 0.350. The lowest BCUT2D eigenvalue weighted by atomic mass is 10.0. The third kappa shape index (κ3) is 3.33. The van der Waals surface area contributed by atoms with Crippen molar-refractivity contribution >= 4 is 21.6 Å². The molecule has 2 aromatic carbocycles. The summed E-state index contributed by atoms with van der Waals surface area (Å²) in [7, 11) is -2.03. The third-order valence-electron chi connectivity index (χ3n) is 5.17. The highest BCUT2D eigenvalue weighted by Crippen LogP contribution is 2.38. The Morgan fingerprint density at radius 1 is 1.19 bits per heavy atom. The lowest BCUT2D eigenvalue weighted by molar-refractivity contribution is -0.117. The van der Waals surface area contributed by atoms with E-state index < -0.39 is 10.0 Å². The number of benzene rings is 2. The van der Waals surface area contributed by atoms with Crippen molar-refractivity contribution in [2.75, 3.05) is 25.1 Å². The summed E-state index contributed by atoms with van der Waals surface area (Å²) < 4.78 is 33.6. The first kappa shape index (κ1) is 18.0. The Bertz CT molecular complexity index is 1000. The smallest absolute Gasteiger partial charge is 0.240 e. The number of ether oxygens (including phenoxy) is 1. The number of nitrogens with zero attached hydrogens (tertiary/aromatic N) is 1. The van der Waals surface area contributed by atoms with Gasteiger partial charge >= 0.3 is 0 Å². The Morgan fingerprint density at radius 2 is 1.96 bits per heavy atom. The van der Waals surface area contributed by atoms with Gasteiger partial charge in [-0.05, 0) is 54.2 Å². The van der Waals surface area contributed by atoms with Gasteiger partial charge in [0.2, 0.25) is 15.9 Å². The van der Waals surface area contributed by atoms with Gasteiger partial charge in [-0.2, -0.15) is 0 Å². The van der Waals surface area contributed by atoms with Crippen LogP contribution in [-0.4, -0.2) is 34.5 Å². The minimum Gasteiger partial charge on any atom is -0.496 e. The number of methoxy groups -OCH3 is 1. The van der Waals surface area contributed by atoms with E-state index in [4.69, 9.17) is 4.74 Å². The quantitative estimate of drug-likeness (QED) is 0.825. The number of para-hydroxylation sites is 1. The molecule has 0 fully saturated rings. The maximum atomic E-state index is 12.8. The Labute approximate surface area is 159 Å². The zero-order valence-electron chi connectivity index (χ0n) is 15.2. The Kier molecular flexibility index (Phi) is 4.65. The van der Waals surface area contributed by atoms with Crippen molar-refractivity contribution in [2.24, 2.45) is 0 Å². The van der Waals surface area contributed by atoms with Gasteiger partial charge in [0.1, 0.15) is 5.75 Å². The normalized spacial score (nSPS) is 15.7. The van der Waals surface area contributed by atoms with E-state index >= 15 is 0 Å². The molecule has 1 N–H and O–H groups in total. The fourth-order valence-corrected chi connectivity index (χ4v) is 5.05. The topological polar surface area (TPSA) is 75.7 Å². The van der Waals surface area contributed by atoms with Gasteiger partial charge in [0.25, 0.3) is 0 Å². The molecule has 0 bridgehead atoms. The van der Waals surface area contributed by atoms with Gasteiger partial charge in [0.05, 0.1) is 24.1 Å². The molecule has 0 saturated heterocycles. The Hall–Kier alpha value is -2.38. The van der Waals surface area contributed by atoms with Crippen molar-refractivity contribution in [1.82, 2.24) is 4.72 Å². The highest BCUT2D eigenvalue weighted by atomic mass is 32.2. The van der Waals surface area contributed by atoms with Crippen LogP contribution >= 0.6 is 0 Å². The first-order chi connectivity index (χ1) is 13.0. The highest BCUT2D eigenvalue weighted by Gasteiger charge is 2.33. The van der Waals surface area contributed by atoms with Crippen LogP contribution in [0.4, 0.5) is 5.69 Å². The number of carbonyl (C=O) groups is 1. The summed E-state index contributed by atoms with van der Waals surface area (Å²) in [6.07, 6.45) is 2.49.